The van der Waals surface area contributed by atoms with Crippen LogP contribution in [0.5, 0.6) is 0 Å². The first-order valence-corrected chi connectivity index (χ1v) is 8.58. The summed E-state index contributed by atoms with van der Waals surface area (Å²) in [6.07, 6.45) is 3.41. The zero-order valence-electron chi connectivity index (χ0n) is 10.7. The molecule has 106 valence electrons. The zero-order valence-corrected chi connectivity index (χ0v) is 13.1. The highest BCUT2D eigenvalue weighted by atomic mass is 79.9. The van der Waals surface area contributed by atoms with Gasteiger partial charge < -0.3 is 5.11 Å². The van der Waals surface area contributed by atoms with Gasteiger partial charge in [0.05, 0.1) is 16.2 Å². The molecule has 0 unspecified atom stereocenters. The molecule has 0 heterocycles. The van der Waals surface area contributed by atoms with Crippen LogP contribution in [0.15, 0.2) is 27.6 Å². The quantitative estimate of drug-likeness (QED) is 0.765. The smallest absolute Gasteiger partial charge is 0.337 e. The van der Waals surface area contributed by atoms with E-state index in [1.165, 1.54) is 18.2 Å². The molecule has 0 spiro atoms. The standard InChI is InChI=1S/C13H17BrO4S/c1-2-3-4-5-8-19(17,18)12-9-10(14)6-7-11(12)13(15)16/h6-7,9H,2-5,8H2,1H3,(H,15,16). The van der Waals surface area contributed by atoms with Crippen molar-refractivity contribution in [2.24, 2.45) is 0 Å². The van der Waals surface area contributed by atoms with Crippen LogP contribution in [0.25, 0.3) is 0 Å². The first-order valence-electron chi connectivity index (χ1n) is 6.14. The highest BCUT2D eigenvalue weighted by Gasteiger charge is 2.22. The summed E-state index contributed by atoms with van der Waals surface area (Å²) in [4.78, 5) is 11.0. The Balaban J connectivity index is 3.00. The predicted molar refractivity (Wildman–Crippen MR) is 77.3 cm³/mol. The van der Waals surface area contributed by atoms with E-state index >= 15 is 0 Å². The second-order valence-corrected chi connectivity index (χ2v) is 7.32. The third-order valence-corrected chi connectivity index (χ3v) is 5.10. The maximum atomic E-state index is 12.2. The molecular weight excluding hydrogens is 332 g/mol. The Morgan fingerprint density at radius 1 is 1.26 bits per heavy atom. The lowest BCUT2D eigenvalue weighted by atomic mass is 10.2. The number of rotatable bonds is 7. The van der Waals surface area contributed by atoms with Gasteiger partial charge in [-0.15, -0.1) is 0 Å². The van der Waals surface area contributed by atoms with Crippen LogP contribution < -0.4 is 0 Å². The molecule has 0 saturated carbocycles. The fourth-order valence-electron chi connectivity index (χ4n) is 1.76. The fourth-order valence-corrected chi connectivity index (χ4v) is 3.87. The molecule has 0 aromatic heterocycles. The van der Waals surface area contributed by atoms with Crippen LogP contribution in [-0.4, -0.2) is 25.2 Å². The van der Waals surface area contributed by atoms with Crippen molar-refractivity contribution in [3.63, 3.8) is 0 Å². The number of sulfone groups is 1. The summed E-state index contributed by atoms with van der Waals surface area (Å²) in [6, 6.07) is 4.20. The Kier molecular flexibility index (Phi) is 6.00. The molecule has 1 aromatic carbocycles. The lowest BCUT2D eigenvalue weighted by molar-refractivity contribution is 0.0692. The molecule has 1 N–H and O–H groups in total. The van der Waals surface area contributed by atoms with Crippen LogP contribution in [0.3, 0.4) is 0 Å². The maximum Gasteiger partial charge on any atom is 0.337 e. The molecule has 0 amide bonds. The van der Waals surface area contributed by atoms with E-state index in [0.717, 1.165) is 19.3 Å². The van der Waals surface area contributed by atoms with Crippen LogP contribution in [0.2, 0.25) is 0 Å². The summed E-state index contributed by atoms with van der Waals surface area (Å²) >= 11 is 3.17. The second kappa shape index (κ2) is 7.05. The maximum absolute atomic E-state index is 12.2. The van der Waals surface area contributed by atoms with Gasteiger partial charge in [0.2, 0.25) is 0 Å². The third kappa shape index (κ3) is 4.62. The summed E-state index contributed by atoms with van der Waals surface area (Å²) in [5, 5.41) is 9.05. The van der Waals surface area contributed by atoms with E-state index in [1.54, 1.807) is 0 Å². The highest BCUT2D eigenvalue weighted by Crippen LogP contribution is 2.23. The lowest BCUT2D eigenvalue weighted by Crippen LogP contribution is -2.12. The minimum atomic E-state index is -3.55. The van der Waals surface area contributed by atoms with E-state index in [4.69, 9.17) is 5.11 Å². The van der Waals surface area contributed by atoms with E-state index < -0.39 is 15.8 Å². The van der Waals surface area contributed by atoms with E-state index in [2.05, 4.69) is 15.9 Å². The van der Waals surface area contributed by atoms with Crippen LogP contribution in [0.4, 0.5) is 0 Å². The Labute approximate surface area is 121 Å². The van der Waals surface area contributed by atoms with Crippen molar-refractivity contribution < 1.29 is 18.3 Å². The van der Waals surface area contributed by atoms with Gasteiger partial charge in [-0.25, -0.2) is 13.2 Å². The average Bonchev–Trinajstić information content (AvgIpc) is 2.34. The summed E-state index contributed by atoms with van der Waals surface area (Å²) < 4.78 is 24.9. The van der Waals surface area contributed by atoms with Crippen molar-refractivity contribution in [2.75, 3.05) is 5.75 Å². The van der Waals surface area contributed by atoms with Crippen molar-refractivity contribution in [1.82, 2.24) is 0 Å². The van der Waals surface area contributed by atoms with Gasteiger partial charge in [0, 0.05) is 4.47 Å². The number of unbranched alkanes of at least 4 members (excludes halogenated alkanes) is 3. The number of hydrogen-bond acceptors (Lipinski definition) is 3. The van der Waals surface area contributed by atoms with Crippen LogP contribution in [0.1, 0.15) is 43.0 Å². The van der Waals surface area contributed by atoms with E-state index in [9.17, 15) is 13.2 Å². The number of carboxylic acids is 1. The monoisotopic (exact) mass is 348 g/mol. The molecule has 0 aliphatic carbocycles. The predicted octanol–water partition coefficient (Wildman–Crippen LogP) is 3.50. The van der Waals surface area contributed by atoms with E-state index in [1.807, 2.05) is 6.92 Å². The molecule has 0 radical (unpaired) electrons. The van der Waals surface area contributed by atoms with Gasteiger partial charge in [-0.2, -0.15) is 0 Å². The molecule has 1 aromatic rings. The number of halogens is 1. The second-order valence-electron chi connectivity index (χ2n) is 4.33. The normalized spacial score (nSPS) is 11.5. The van der Waals surface area contributed by atoms with E-state index in [-0.39, 0.29) is 16.2 Å². The van der Waals surface area contributed by atoms with Crippen LogP contribution in [-0.2, 0) is 9.84 Å². The van der Waals surface area contributed by atoms with Crippen molar-refractivity contribution in [2.45, 2.75) is 37.5 Å². The minimum Gasteiger partial charge on any atom is -0.478 e. The molecule has 19 heavy (non-hydrogen) atoms. The molecule has 0 bridgehead atoms. The molecular formula is C13H17BrO4S. The molecule has 0 fully saturated rings. The number of benzene rings is 1. The van der Waals surface area contributed by atoms with Gasteiger partial charge in [0.15, 0.2) is 9.84 Å². The molecule has 1 rings (SSSR count). The Hall–Kier alpha value is -0.880. The number of carboxylic acid groups (broad SMARTS) is 1. The molecule has 0 aliphatic rings. The molecule has 6 heteroatoms. The summed E-state index contributed by atoms with van der Waals surface area (Å²) in [6.45, 7) is 2.05. The highest BCUT2D eigenvalue weighted by molar-refractivity contribution is 9.10. The topological polar surface area (TPSA) is 71.4 Å². The Morgan fingerprint density at radius 3 is 2.53 bits per heavy atom. The first kappa shape index (κ1) is 16.2. The Bertz CT molecular complexity index is 552. The fraction of sp³-hybridized carbons (Fsp3) is 0.462. The molecule has 0 saturated heterocycles. The minimum absolute atomic E-state index is 0.0102. The SMILES string of the molecule is CCCCCCS(=O)(=O)c1cc(Br)ccc1C(=O)O. The number of aromatic carboxylic acids is 1. The third-order valence-electron chi connectivity index (χ3n) is 2.78. The van der Waals surface area contributed by atoms with Crippen molar-refractivity contribution in [3.05, 3.63) is 28.2 Å². The van der Waals surface area contributed by atoms with Gasteiger partial charge in [-0.05, 0) is 24.6 Å². The zero-order chi connectivity index (χ0) is 14.5. The van der Waals surface area contributed by atoms with E-state index in [0.29, 0.717) is 10.9 Å². The first-order chi connectivity index (χ1) is 8.88. The summed E-state index contributed by atoms with van der Waals surface area (Å²) in [5.41, 5.74) is -0.168. The van der Waals surface area contributed by atoms with Gasteiger partial charge in [0.1, 0.15) is 0 Å². The van der Waals surface area contributed by atoms with Gasteiger partial charge in [-0.1, -0.05) is 42.1 Å². The van der Waals surface area contributed by atoms with Gasteiger partial charge in [0.25, 0.3) is 0 Å². The largest absolute Gasteiger partial charge is 0.478 e. The number of carbonyl (C=O) groups is 1. The summed E-state index contributed by atoms with van der Waals surface area (Å²) in [5.74, 6) is -1.23. The molecule has 0 atom stereocenters. The van der Waals surface area contributed by atoms with Crippen molar-refractivity contribution in [1.29, 1.82) is 0 Å². The van der Waals surface area contributed by atoms with Gasteiger partial charge in [-0.3, -0.25) is 0 Å². The van der Waals surface area contributed by atoms with Crippen molar-refractivity contribution in [3.8, 4) is 0 Å². The average molecular weight is 349 g/mol. The van der Waals surface area contributed by atoms with Crippen LogP contribution >= 0.6 is 15.9 Å². The molecule has 0 aliphatic heterocycles. The molecule has 4 nitrogen and oxygen atoms in total. The number of hydrogen-bond donors (Lipinski definition) is 1. The van der Waals surface area contributed by atoms with Gasteiger partial charge >= 0.3 is 5.97 Å². The van der Waals surface area contributed by atoms with Crippen LogP contribution in [0, 0.1) is 0 Å². The lowest BCUT2D eigenvalue weighted by Gasteiger charge is -2.08. The summed E-state index contributed by atoms with van der Waals surface area (Å²) in [7, 11) is -3.55. The van der Waals surface area contributed by atoms with Crippen molar-refractivity contribution >= 4 is 31.7 Å². The Morgan fingerprint density at radius 2 is 1.95 bits per heavy atom.